The van der Waals surface area contributed by atoms with Gasteiger partial charge in [-0.2, -0.15) is 0 Å². The van der Waals surface area contributed by atoms with Crippen molar-refractivity contribution in [3.05, 3.63) is 53.1 Å². The molecule has 2 aromatic carbocycles. The molecule has 2 rings (SSSR count). The number of benzene rings is 2. The van der Waals surface area contributed by atoms with Crippen LogP contribution in [0.4, 0.5) is 5.69 Å². The molecule has 0 bridgehead atoms. The molecule has 0 saturated carbocycles. The maximum absolute atomic E-state index is 12.3. The van der Waals surface area contributed by atoms with E-state index in [0.717, 1.165) is 18.1 Å². The van der Waals surface area contributed by atoms with Crippen LogP contribution in [0.5, 0.6) is 0 Å². The number of sulfone groups is 2. The highest BCUT2D eigenvalue weighted by molar-refractivity contribution is 7.91. The highest BCUT2D eigenvalue weighted by atomic mass is 35.5. The van der Waals surface area contributed by atoms with Crippen LogP contribution in [0.1, 0.15) is 25.3 Å². The van der Waals surface area contributed by atoms with Gasteiger partial charge in [0, 0.05) is 36.5 Å². The summed E-state index contributed by atoms with van der Waals surface area (Å²) < 4.78 is 48.3. The van der Waals surface area contributed by atoms with Crippen LogP contribution in [0.25, 0.3) is 0 Å². The van der Waals surface area contributed by atoms with Crippen LogP contribution >= 0.6 is 11.6 Å². The highest BCUT2D eigenvalue weighted by Gasteiger charge is 2.25. The fourth-order valence-electron chi connectivity index (χ4n) is 2.91. The van der Waals surface area contributed by atoms with E-state index >= 15 is 0 Å². The van der Waals surface area contributed by atoms with Gasteiger partial charge in [-0.1, -0.05) is 30.7 Å². The maximum Gasteiger partial charge on any atom is 0.177 e. The van der Waals surface area contributed by atoms with Gasteiger partial charge in [-0.05, 0) is 42.8 Å². The topological polar surface area (TPSA) is 71.5 Å². The molecule has 148 valence electrons. The molecule has 0 aliphatic rings. The van der Waals surface area contributed by atoms with E-state index in [-0.39, 0.29) is 21.8 Å². The molecule has 0 aliphatic heterocycles. The van der Waals surface area contributed by atoms with E-state index in [9.17, 15) is 16.8 Å². The molecule has 0 radical (unpaired) electrons. The predicted molar refractivity (Wildman–Crippen MR) is 110 cm³/mol. The van der Waals surface area contributed by atoms with Crippen molar-refractivity contribution in [3.63, 3.8) is 0 Å². The summed E-state index contributed by atoms with van der Waals surface area (Å²) in [7, 11) is -5.31. The highest BCUT2D eigenvalue weighted by Crippen LogP contribution is 2.32. The maximum atomic E-state index is 12.3. The van der Waals surface area contributed by atoms with Crippen molar-refractivity contribution in [2.45, 2.75) is 35.6 Å². The second kappa shape index (κ2) is 7.81. The number of likely N-dealkylation sites (N-methyl/N-ethyl adjacent to an activating group) is 1. The van der Waals surface area contributed by atoms with Gasteiger partial charge in [-0.3, -0.25) is 0 Å². The number of nitrogens with zero attached hydrogens (tertiary/aromatic N) is 1. The van der Waals surface area contributed by atoms with E-state index in [1.165, 1.54) is 12.1 Å². The Labute approximate surface area is 166 Å². The lowest BCUT2D eigenvalue weighted by Gasteiger charge is -2.33. The monoisotopic (exact) mass is 429 g/mol. The van der Waals surface area contributed by atoms with Crippen LogP contribution in [0, 0.1) is 0 Å². The first kappa shape index (κ1) is 21.7. The molecule has 0 N–H and O–H groups in total. The largest absolute Gasteiger partial charge is 0.370 e. The molecule has 0 heterocycles. The van der Waals surface area contributed by atoms with Crippen molar-refractivity contribution in [2.75, 3.05) is 24.5 Å². The van der Waals surface area contributed by atoms with Crippen LogP contribution in [0.2, 0.25) is 5.02 Å². The normalized spacial score (nSPS) is 14.6. The molecule has 2 aromatic rings. The van der Waals surface area contributed by atoms with Gasteiger partial charge in [0.2, 0.25) is 0 Å². The van der Waals surface area contributed by atoms with E-state index in [2.05, 4.69) is 6.92 Å². The Morgan fingerprint density at radius 2 is 1.44 bits per heavy atom. The average Bonchev–Trinajstić information content (AvgIpc) is 2.58. The Balaban J connectivity index is 2.48. The first-order valence-corrected chi connectivity index (χ1v) is 12.5. The summed E-state index contributed by atoms with van der Waals surface area (Å²) >= 11 is 5.95. The molecule has 27 heavy (non-hydrogen) atoms. The molecule has 0 fully saturated rings. The van der Waals surface area contributed by atoms with Crippen LogP contribution in [-0.2, 0) is 19.7 Å². The number of anilines is 1. The summed E-state index contributed by atoms with van der Waals surface area (Å²) in [5.41, 5.74) is 1.55. The minimum absolute atomic E-state index is 0.00285. The Morgan fingerprint density at radius 3 is 1.93 bits per heavy atom. The van der Waals surface area contributed by atoms with Crippen LogP contribution in [0.15, 0.2) is 52.3 Å². The molecule has 0 saturated heterocycles. The van der Waals surface area contributed by atoms with Crippen molar-refractivity contribution in [1.29, 1.82) is 0 Å². The summed E-state index contributed by atoms with van der Waals surface area (Å²) in [5.74, 6) is 0.0919. The van der Waals surface area contributed by atoms with Gasteiger partial charge in [0.25, 0.3) is 0 Å². The van der Waals surface area contributed by atoms with Gasteiger partial charge in [-0.15, -0.1) is 0 Å². The number of hydrogen-bond donors (Lipinski definition) is 0. The predicted octanol–water partition coefficient (Wildman–Crippen LogP) is 3.78. The fraction of sp³-hybridized carbons (Fsp3) is 0.368. The van der Waals surface area contributed by atoms with Gasteiger partial charge in [0.05, 0.1) is 15.5 Å². The zero-order chi connectivity index (χ0) is 20.6. The standard InChI is InChI=1S/C19H24ClNO4S2/c1-13(15-6-8-16(20)9-7-15)14(2)21(3)18-11-10-17(26(4,22)23)12-19(18)27(5,24)25/h6-14H,1-5H3/t13-,14+/m1/s1. The lowest BCUT2D eigenvalue weighted by Crippen LogP contribution is -2.34. The van der Waals surface area contributed by atoms with E-state index < -0.39 is 19.7 Å². The molecular formula is C19H24ClNO4S2. The van der Waals surface area contributed by atoms with Crippen LogP contribution in [-0.4, -0.2) is 42.4 Å². The van der Waals surface area contributed by atoms with E-state index in [1.807, 2.05) is 36.1 Å². The summed E-state index contributed by atoms with van der Waals surface area (Å²) in [6.45, 7) is 4.05. The van der Waals surface area contributed by atoms with Crippen molar-refractivity contribution >= 4 is 37.0 Å². The summed E-state index contributed by atoms with van der Waals surface area (Å²) in [6.07, 6.45) is 2.14. The minimum Gasteiger partial charge on any atom is -0.370 e. The van der Waals surface area contributed by atoms with Crippen LogP contribution in [0.3, 0.4) is 0 Å². The SMILES string of the molecule is C[C@@H](c1ccc(Cl)cc1)[C@H](C)N(C)c1ccc(S(C)(=O)=O)cc1S(C)(=O)=O. The minimum atomic E-state index is -3.61. The molecule has 0 aliphatic carbocycles. The Hall–Kier alpha value is -1.57. The Kier molecular flexibility index (Phi) is 6.29. The molecule has 0 spiro atoms. The zero-order valence-electron chi connectivity index (χ0n) is 16.0. The first-order chi connectivity index (χ1) is 12.3. The lowest BCUT2D eigenvalue weighted by atomic mass is 9.93. The van der Waals surface area contributed by atoms with Crippen LogP contribution < -0.4 is 4.90 Å². The number of halogens is 1. The van der Waals surface area contributed by atoms with Gasteiger partial charge in [0.1, 0.15) is 0 Å². The molecule has 0 unspecified atom stereocenters. The van der Waals surface area contributed by atoms with Crippen molar-refractivity contribution in [1.82, 2.24) is 0 Å². The van der Waals surface area contributed by atoms with Crippen molar-refractivity contribution in [2.24, 2.45) is 0 Å². The molecule has 0 aromatic heterocycles. The number of rotatable bonds is 6. The van der Waals surface area contributed by atoms with Crippen molar-refractivity contribution in [3.8, 4) is 0 Å². The van der Waals surface area contributed by atoms with Gasteiger partial charge >= 0.3 is 0 Å². The molecular weight excluding hydrogens is 406 g/mol. The third-order valence-corrected chi connectivity index (χ3v) is 7.36. The van der Waals surface area contributed by atoms with Gasteiger partial charge in [0.15, 0.2) is 19.7 Å². The molecule has 8 heteroatoms. The Bertz CT molecular complexity index is 1030. The number of hydrogen-bond acceptors (Lipinski definition) is 5. The zero-order valence-corrected chi connectivity index (χ0v) is 18.4. The van der Waals surface area contributed by atoms with Gasteiger partial charge < -0.3 is 4.90 Å². The average molecular weight is 430 g/mol. The van der Waals surface area contributed by atoms with Crippen molar-refractivity contribution < 1.29 is 16.8 Å². The third kappa shape index (κ3) is 5.03. The second-order valence-corrected chi connectivity index (χ2v) is 11.3. The molecule has 2 atom stereocenters. The first-order valence-electron chi connectivity index (χ1n) is 8.35. The van der Waals surface area contributed by atoms with E-state index in [1.54, 1.807) is 13.1 Å². The van der Waals surface area contributed by atoms with E-state index in [0.29, 0.717) is 10.7 Å². The van der Waals surface area contributed by atoms with E-state index in [4.69, 9.17) is 11.6 Å². The smallest absolute Gasteiger partial charge is 0.177 e. The summed E-state index contributed by atoms with van der Waals surface area (Å²) in [4.78, 5) is 1.85. The molecule has 5 nitrogen and oxygen atoms in total. The third-order valence-electron chi connectivity index (χ3n) is 4.87. The molecule has 0 amide bonds. The van der Waals surface area contributed by atoms with Gasteiger partial charge in [-0.25, -0.2) is 16.8 Å². The second-order valence-electron chi connectivity index (χ2n) is 6.87. The fourth-order valence-corrected chi connectivity index (χ4v) is 4.69. The lowest BCUT2D eigenvalue weighted by molar-refractivity contribution is 0.573. The summed E-state index contributed by atoms with van der Waals surface area (Å²) in [6, 6.07) is 11.7. The summed E-state index contributed by atoms with van der Waals surface area (Å²) in [5, 5.41) is 0.655. The quantitative estimate of drug-likeness (QED) is 0.698. The Morgan fingerprint density at radius 1 is 0.889 bits per heavy atom.